The molecule has 0 radical (unpaired) electrons. The van der Waals surface area contributed by atoms with Crippen molar-refractivity contribution in [1.29, 1.82) is 0 Å². The molecule has 0 spiro atoms. The maximum Gasteiger partial charge on any atom is 0.208 e. The fourth-order valence-corrected chi connectivity index (χ4v) is 4.11. The standard InChI is InChI=1S/C18H20FN5S/c1-13-10-20-24(11-13)16-3-2-8-23(12-16)18-22-21-17(25-18)9-14-4-6-15(19)7-5-14/h4-7,10-11,16H,2-3,8-9,12H2,1H3. The first-order valence-electron chi connectivity index (χ1n) is 8.50. The number of anilines is 1. The molecule has 1 aliphatic rings. The van der Waals surface area contributed by atoms with Gasteiger partial charge in [0.15, 0.2) is 0 Å². The number of rotatable bonds is 4. The molecule has 130 valence electrons. The second kappa shape index (κ2) is 6.92. The highest BCUT2D eigenvalue weighted by molar-refractivity contribution is 7.15. The van der Waals surface area contributed by atoms with Crippen molar-refractivity contribution in [2.24, 2.45) is 0 Å². The van der Waals surface area contributed by atoms with Crippen LogP contribution in [-0.2, 0) is 6.42 Å². The Labute approximate surface area is 150 Å². The first-order valence-corrected chi connectivity index (χ1v) is 9.31. The van der Waals surface area contributed by atoms with Gasteiger partial charge in [-0.1, -0.05) is 23.5 Å². The smallest absolute Gasteiger partial charge is 0.208 e. The lowest BCUT2D eigenvalue weighted by atomic mass is 10.1. The van der Waals surface area contributed by atoms with Crippen LogP contribution >= 0.6 is 11.3 Å². The van der Waals surface area contributed by atoms with Crippen molar-refractivity contribution in [2.75, 3.05) is 18.0 Å². The van der Waals surface area contributed by atoms with E-state index in [2.05, 4.69) is 38.0 Å². The minimum absolute atomic E-state index is 0.213. The summed E-state index contributed by atoms with van der Waals surface area (Å²) >= 11 is 1.62. The van der Waals surface area contributed by atoms with Gasteiger partial charge < -0.3 is 4.90 Å². The molecule has 5 nitrogen and oxygen atoms in total. The number of hydrogen-bond acceptors (Lipinski definition) is 5. The van der Waals surface area contributed by atoms with E-state index in [4.69, 9.17) is 0 Å². The zero-order valence-corrected chi connectivity index (χ0v) is 14.9. The molecule has 1 unspecified atom stereocenters. The molecule has 25 heavy (non-hydrogen) atoms. The minimum Gasteiger partial charge on any atom is -0.345 e. The lowest BCUT2D eigenvalue weighted by Crippen LogP contribution is -2.36. The predicted octanol–water partition coefficient (Wildman–Crippen LogP) is 3.61. The van der Waals surface area contributed by atoms with E-state index >= 15 is 0 Å². The summed E-state index contributed by atoms with van der Waals surface area (Å²) in [4.78, 5) is 2.30. The summed E-state index contributed by atoms with van der Waals surface area (Å²) in [5, 5.41) is 15.1. The average Bonchev–Trinajstić information content (AvgIpc) is 3.26. The number of hydrogen-bond donors (Lipinski definition) is 0. The Kier molecular flexibility index (Phi) is 4.48. The first kappa shape index (κ1) is 16.2. The molecular weight excluding hydrogens is 337 g/mol. The van der Waals surface area contributed by atoms with Crippen molar-refractivity contribution >= 4 is 16.5 Å². The molecule has 1 aromatic carbocycles. The monoisotopic (exact) mass is 357 g/mol. The molecule has 2 aromatic heterocycles. The van der Waals surface area contributed by atoms with Gasteiger partial charge >= 0.3 is 0 Å². The Balaban J connectivity index is 1.45. The van der Waals surface area contributed by atoms with Crippen molar-refractivity contribution in [3.8, 4) is 0 Å². The van der Waals surface area contributed by atoms with Crippen LogP contribution in [0.1, 0.15) is 35.0 Å². The molecule has 1 atom stereocenters. The van der Waals surface area contributed by atoms with Gasteiger partial charge in [-0.3, -0.25) is 4.68 Å². The van der Waals surface area contributed by atoms with E-state index in [9.17, 15) is 4.39 Å². The van der Waals surface area contributed by atoms with Crippen molar-refractivity contribution in [1.82, 2.24) is 20.0 Å². The molecule has 4 rings (SSSR count). The largest absolute Gasteiger partial charge is 0.345 e. The Hall–Kier alpha value is -2.28. The summed E-state index contributed by atoms with van der Waals surface area (Å²) in [6.45, 7) is 3.98. The fraction of sp³-hybridized carbons (Fsp3) is 0.389. The summed E-state index contributed by atoms with van der Waals surface area (Å²) in [6, 6.07) is 6.95. The molecule has 1 aliphatic heterocycles. The molecule has 0 aliphatic carbocycles. The van der Waals surface area contributed by atoms with E-state index in [1.807, 2.05) is 6.20 Å². The Morgan fingerprint density at radius 1 is 1.24 bits per heavy atom. The summed E-state index contributed by atoms with van der Waals surface area (Å²) in [5.74, 6) is -0.213. The maximum absolute atomic E-state index is 13.0. The highest BCUT2D eigenvalue weighted by atomic mass is 32.1. The third-order valence-electron chi connectivity index (χ3n) is 4.50. The molecular formula is C18H20FN5S. The van der Waals surface area contributed by atoms with Crippen LogP contribution in [0.2, 0.25) is 0 Å². The predicted molar refractivity (Wildman–Crippen MR) is 96.6 cm³/mol. The third-order valence-corrected chi connectivity index (χ3v) is 5.48. The van der Waals surface area contributed by atoms with Crippen LogP contribution in [0.15, 0.2) is 36.7 Å². The van der Waals surface area contributed by atoms with Gasteiger partial charge in [-0.05, 0) is 43.0 Å². The number of piperidine rings is 1. The van der Waals surface area contributed by atoms with Crippen LogP contribution < -0.4 is 4.90 Å². The van der Waals surface area contributed by atoms with Gasteiger partial charge in [0.05, 0.1) is 12.2 Å². The van der Waals surface area contributed by atoms with Gasteiger partial charge in [-0.2, -0.15) is 5.10 Å². The third kappa shape index (κ3) is 3.71. The van der Waals surface area contributed by atoms with Crippen molar-refractivity contribution < 1.29 is 4.39 Å². The minimum atomic E-state index is -0.213. The molecule has 0 bridgehead atoms. The molecule has 3 heterocycles. The van der Waals surface area contributed by atoms with E-state index < -0.39 is 0 Å². The Bertz CT molecular complexity index is 841. The van der Waals surface area contributed by atoms with Crippen LogP contribution in [0.5, 0.6) is 0 Å². The number of aromatic nitrogens is 4. The van der Waals surface area contributed by atoms with Crippen LogP contribution in [0, 0.1) is 12.7 Å². The summed E-state index contributed by atoms with van der Waals surface area (Å²) in [6.07, 6.45) is 6.96. The zero-order chi connectivity index (χ0) is 17.2. The van der Waals surface area contributed by atoms with Crippen LogP contribution in [-0.4, -0.2) is 33.1 Å². The Morgan fingerprint density at radius 2 is 2.08 bits per heavy atom. The van der Waals surface area contributed by atoms with Gasteiger partial charge in [0.25, 0.3) is 0 Å². The van der Waals surface area contributed by atoms with Gasteiger partial charge in [0.1, 0.15) is 10.8 Å². The summed E-state index contributed by atoms with van der Waals surface area (Å²) < 4.78 is 15.1. The van der Waals surface area contributed by atoms with Crippen LogP contribution in [0.3, 0.4) is 0 Å². The van der Waals surface area contributed by atoms with E-state index in [0.717, 1.165) is 41.6 Å². The van der Waals surface area contributed by atoms with E-state index in [1.165, 1.54) is 17.7 Å². The van der Waals surface area contributed by atoms with Gasteiger partial charge in [-0.15, -0.1) is 10.2 Å². The molecule has 1 fully saturated rings. The van der Waals surface area contributed by atoms with Crippen LogP contribution in [0.4, 0.5) is 9.52 Å². The van der Waals surface area contributed by atoms with Gasteiger partial charge in [-0.25, -0.2) is 4.39 Å². The second-order valence-corrected chi connectivity index (χ2v) is 7.56. The summed E-state index contributed by atoms with van der Waals surface area (Å²) in [5.41, 5.74) is 2.24. The van der Waals surface area contributed by atoms with Crippen molar-refractivity contribution in [2.45, 2.75) is 32.2 Å². The first-order chi connectivity index (χ1) is 12.2. The molecule has 3 aromatic rings. The average molecular weight is 357 g/mol. The number of aryl methyl sites for hydroxylation is 1. The summed E-state index contributed by atoms with van der Waals surface area (Å²) in [7, 11) is 0. The maximum atomic E-state index is 13.0. The van der Waals surface area contributed by atoms with Gasteiger partial charge in [0.2, 0.25) is 5.13 Å². The lowest BCUT2D eigenvalue weighted by molar-refractivity contribution is 0.375. The SMILES string of the molecule is Cc1cnn(C2CCCN(c3nnc(Cc4ccc(F)cc4)s3)C2)c1. The topological polar surface area (TPSA) is 46.8 Å². The van der Waals surface area contributed by atoms with Crippen molar-refractivity contribution in [3.05, 3.63) is 58.6 Å². The number of halogens is 1. The van der Waals surface area contributed by atoms with Crippen molar-refractivity contribution in [3.63, 3.8) is 0 Å². The normalized spacial score (nSPS) is 17.8. The molecule has 7 heteroatoms. The molecule has 1 saturated heterocycles. The van der Waals surface area contributed by atoms with E-state index in [0.29, 0.717) is 12.5 Å². The van der Waals surface area contributed by atoms with E-state index in [1.54, 1.807) is 23.5 Å². The lowest BCUT2D eigenvalue weighted by Gasteiger charge is -2.32. The van der Waals surface area contributed by atoms with Gasteiger partial charge in [0, 0.05) is 25.7 Å². The molecule has 0 saturated carbocycles. The molecule has 0 amide bonds. The Morgan fingerprint density at radius 3 is 2.84 bits per heavy atom. The van der Waals surface area contributed by atoms with E-state index in [-0.39, 0.29) is 5.82 Å². The highest BCUT2D eigenvalue weighted by Gasteiger charge is 2.24. The molecule has 0 N–H and O–H groups in total. The zero-order valence-electron chi connectivity index (χ0n) is 14.1. The number of benzene rings is 1. The fourth-order valence-electron chi connectivity index (χ4n) is 3.20. The second-order valence-electron chi connectivity index (χ2n) is 6.52. The highest BCUT2D eigenvalue weighted by Crippen LogP contribution is 2.29. The van der Waals surface area contributed by atoms with Crippen LogP contribution in [0.25, 0.3) is 0 Å². The number of nitrogens with zero attached hydrogens (tertiary/aromatic N) is 5. The quantitative estimate of drug-likeness (QED) is 0.716.